The first kappa shape index (κ1) is 16.9. The summed E-state index contributed by atoms with van der Waals surface area (Å²) in [5.41, 5.74) is 4.23. The van der Waals surface area contributed by atoms with Gasteiger partial charge in [-0.2, -0.15) is 0 Å². The third-order valence-corrected chi connectivity index (χ3v) is 3.57. The maximum absolute atomic E-state index is 11.8. The Morgan fingerprint density at radius 2 is 1.65 bits per heavy atom. The van der Waals surface area contributed by atoms with E-state index in [1.807, 2.05) is 63.2 Å². The Bertz CT molecular complexity index is 631. The van der Waals surface area contributed by atoms with Crippen LogP contribution < -0.4 is 15.4 Å². The van der Waals surface area contributed by atoms with Crippen molar-refractivity contribution in [1.82, 2.24) is 5.32 Å². The zero-order valence-electron chi connectivity index (χ0n) is 14.0. The van der Waals surface area contributed by atoms with Crippen molar-refractivity contribution in [3.63, 3.8) is 0 Å². The molecular weight excluding hydrogens is 288 g/mol. The van der Waals surface area contributed by atoms with Gasteiger partial charge in [0.2, 0.25) is 0 Å². The van der Waals surface area contributed by atoms with Crippen LogP contribution in [0.15, 0.2) is 42.5 Å². The molecule has 2 amide bonds. The van der Waals surface area contributed by atoms with E-state index in [0.717, 1.165) is 29.0 Å². The lowest BCUT2D eigenvalue weighted by molar-refractivity contribution is 0.250. The summed E-state index contributed by atoms with van der Waals surface area (Å²) in [6.07, 6.45) is 0.759. The van der Waals surface area contributed by atoms with Crippen LogP contribution >= 0.6 is 0 Å². The molecule has 0 atom stereocenters. The van der Waals surface area contributed by atoms with Crippen molar-refractivity contribution < 1.29 is 9.53 Å². The summed E-state index contributed by atoms with van der Waals surface area (Å²) >= 11 is 0. The summed E-state index contributed by atoms with van der Waals surface area (Å²) in [5, 5.41) is 5.64. The van der Waals surface area contributed by atoms with Crippen LogP contribution in [-0.4, -0.2) is 19.2 Å². The van der Waals surface area contributed by atoms with E-state index in [2.05, 4.69) is 10.6 Å². The number of para-hydroxylation sites is 1. The molecule has 0 radical (unpaired) electrons. The summed E-state index contributed by atoms with van der Waals surface area (Å²) in [4.78, 5) is 11.8. The standard InChI is InChI=1S/C19H24N2O2/c1-14-8-10-17(11-9-14)21-19(22)20-12-5-13-23-18-15(2)6-4-7-16(18)3/h4,6-11H,5,12-13H2,1-3H3,(H2,20,21,22). The summed E-state index contributed by atoms with van der Waals surface area (Å²) in [7, 11) is 0. The maximum atomic E-state index is 11.8. The minimum Gasteiger partial charge on any atom is -0.493 e. The fourth-order valence-corrected chi connectivity index (χ4v) is 2.29. The molecule has 0 aliphatic carbocycles. The second kappa shape index (κ2) is 8.22. The Labute approximate surface area is 137 Å². The zero-order valence-corrected chi connectivity index (χ0v) is 14.0. The number of aryl methyl sites for hydroxylation is 3. The third-order valence-electron chi connectivity index (χ3n) is 3.57. The van der Waals surface area contributed by atoms with Gasteiger partial charge < -0.3 is 15.4 Å². The molecule has 2 N–H and O–H groups in total. The van der Waals surface area contributed by atoms with Crippen molar-refractivity contribution in [2.24, 2.45) is 0 Å². The number of carbonyl (C=O) groups excluding carboxylic acids is 1. The molecule has 0 spiro atoms. The molecular formula is C19H24N2O2. The number of rotatable bonds is 6. The summed E-state index contributed by atoms with van der Waals surface area (Å²) in [5.74, 6) is 0.941. The molecule has 4 heteroatoms. The van der Waals surface area contributed by atoms with E-state index < -0.39 is 0 Å². The van der Waals surface area contributed by atoms with Crippen LogP contribution in [-0.2, 0) is 0 Å². The van der Waals surface area contributed by atoms with E-state index in [0.29, 0.717) is 13.2 Å². The van der Waals surface area contributed by atoms with Gasteiger partial charge in [0.1, 0.15) is 5.75 Å². The second-order valence-electron chi connectivity index (χ2n) is 5.67. The number of anilines is 1. The predicted octanol–water partition coefficient (Wildman–Crippen LogP) is 4.20. The minimum absolute atomic E-state index is 0.194. The number of hydrogen-bond donors (Lipinski definition) is 2. The van der Waals surface area contributed by atoms with Crippen molar-refractivity contribution in [1.29, 1.82) is 0 Å². The quantitative estimate of drug-likeness (QED) is 0.785. The van der Waals surface area contributed by atoms with Crippen LogP contribution in [0.4, 0.5) is 10.5 Å². The van der Waals surface area contributed by atoms with E-state index in [1.165, 1.54) is 5.56 Å². The lowest BCUT2D eigenvalue weighted by atomic mass is 10.1. The average Bonchev–Trinajstić information content (AvgIpc) is 2.52. The Balaban J connectivity index is 1.67. The second-order valence-corrected chi connectivity index (χ2v) is 5.67. The van der Waals surface area contributed by atoms with E-state index in [4.69, 9.17) is 4.74 Å². The first-order valence-corrected chi connectivity index (χ1v) is 7.87. The number of nitrogens with one attached hydrogen (secondary N) is 2. The van der Waals surface area contributed by atoms with Crippen molar-refractivity contribution >= 4 is 11.7 Å². The Morgan fingerprint density at radius 3 is 2.30 bits per heavy atom. The van der Waals surface area contributed by atoms with Gasteiger partial charge in [0.25, 0.3) is 0 Å². The molecule has 0 saturated carbocycles. The zero-order chi connectivity index (χ0) is 16.7. The predicted molar refractivity (Wildman–Crippen MR) is 94.2 cm³/mol. The molecule has 0 bridgehead atoms. The van der Waals surface area contributed by atoms with Crippen molar-refractivity contribution in [3.05, 3.63) is 59.2 Å². The Hall–Kier alpha value is -2.49. The molecule has 0 saturated heterocycles. The lowest BCUT2D eigenvalue weighted by Gasteiger charge is -2.12. The van der Waals surface area contributed by atoms with Crippen molar-refractivity contribution in [2.75, 3.05) is 18.5 Å². The Morgan fingerprint density at radius 1 is 1.00 bits per heavy atom. The van der Waals surface area contributed by atoms with Gasteiger partial charge in [0.15, 0.2) is 0 Å². The molecule has 122 valence electrons. The highest BCUT2D eigenvalue weighted by Gasteiger charge is 2.04. The Kier molecular flexibility index (Phi) is 6.03. The van der Waals surface area contributed by atoms with E-state index in [-0.39, 0.29) is 6.03 Å². The lowest BCUT2D eigenvalue weighted by Crippen LogP contribution is -2.30. The van der Waals surface area contributed by atoms with Gasteiger partial charge >= 0.3 is 6.03 Å². The highest BCUT2D eigenvalue weighted by atomic mass is 16.5. The smallest absolute Gasteiger partial charge is 0.319 e. The number of benzene rings is 2. The van der Waals surface area contributed by atoms with Crippen molar-refractivity contribution in [2.45, 2.75) is 27.2 Å². The minimum atomic E-state index is -0.194. The van der Waals surface area contributed by atoms with E-state index in [9.17, 15) is 4.79 Å². The van der Waals surface area contributed by atoms with Gasteiger partial charge in [-0.15, -0.1) is 0 Å². The molecule has 0 aromatic heterocycles. The van der Waals surface area contributed by atoms with E-state index in [1.54, 1.807) is 0 Å². The van der Waals surface area contributed by atoms with Crippen LogP contribution in [0.2, 0.25) is 0 Å². The molecule has 0 unspecified atom stereocenters. The molecule has 2 aromatic rings. The fourth-order valence-electron chi connectivity index (χ4n) is 2.29. The van der Waals surface area contributed by atoms with Crippen LogP contribution in [0.3, 0.4) is 0 Å². The maximum Gasteiger partial charge on any atom is 0.319 e. The number of amides is 2. The van der Waals surface area contributed by atoms with Crippen LogP contribution in [0.5, 0.6) is 5.75 Å². The largest absolute Gasteiger partial charge is 0.493 e. The first-order chi connectivity index (χ1) is 11.1. The highest BCUT2D eigenvalue weighted by Crippen LogP contribution is 2.22. The van der Waals surface area contributed by atoms with Crippen LogP contribution in [0.1, 0.15) is 23.1 Å². The molecule has 23 heavy (non-hydrogen) atoms. The van der Waals surface area contributed by atoms with Gasteiger partial charge in [-0.3, -0.25) is 0 Å². The molecule has 0 heterocycles. The summed E-state index contributed by atoms with van der Waals surface area (Å²) < 4.78 is 5.81. The van der Waals surface area contributed by atoms with Gasteiger partial charge in [-0.05, 0) is 50.5 Å². The van der Waals surface area contributed by atoms with Gasteiger partial charge in [-0.25, -0.2) is 4.79 Å². The number of carbonyl (C=O) groups is 1. The summed E-state index contributed by atoms with van der Waals surface area (Å²) in [6, 6.07) is 13.6. The van der Waals surface area contributed by atoms with E-state index >= 15 is 0 Å². The van der Waals surface area contributed by atoms with Crippen LogP contribution in [0.25, 0.3) is 0 Å². The van der Waals surface area contributed by atoms with Gasteiger partial charge in [0, 0.05) is 12.2 Å². The molecule has 2 aromatic carbocycles. The normalized spacial score (nSPS) is 10.2. The van der Waals surface area contributed by atoms with Crippen LogP contribution in [0, 0.1) is 20.8 Å². The number of ether oxygens (including phenoxy) is 1. The molecule has 4 nitrogen and oxygen atoms in total. The monoisotopic (exact) mass is 312 g/mol. The van der Waals surface area contributed by atoms with Gasteiger partial charge in [-0.1, -0.05) is 35.9 Å². The molecule has 0 fully saturated rings. The number of hydrogen-bond acceptors (Lipinski definition) is 2. The molecule has 2 rings (SSSR count). The molecule has 0 aliphatic heterocycles. The topological polar surface area (TPSA) is 50.4 Å². The fraction of sp³-hybridized carbons (Fsp3) is 0.316. The highest BCUT2D eigenvalue weighted by molar-refractivity contribution is 5.89. The summed E-state index contributed by atoms with van der Waals surface area (Å²) in [6.45, 7) is 7.24. The number of urea groups is 1. The first-order valence-electron chi connectivity index (χ1n) is 7.87. The van der Waals surface area contributed by atoms with Gasteiger partial charge in [0.05, 0.1) is 6.61 Å². The average molecular weight is 312 g/mol. The third kappa shape index (κ3) is 5.33. The van der Waals surface area contributed by atoms with Crippen molar-refractivity contribution in [3.8, 4) is 5.75 Å². The molecule has 0 aliphatic rings. The SMILES string of the molecule is Cc1ccc(NC(=O)NCCCOc2c(C)cccc2C)cc1.